The molecule has 13 heteroatoms. The molecule has 4 aromatic rings. The fraction of sp³-hybridized carbons (Fsp3) is 0.368. The number of nitrogens with one attached hydrogen (secondary N) is 2. The molecule has 2 aliphatic rings. The lowest BCUT2D eigenvalue weighted by Crippen LogP contribution is -2.42. The first-order valence-corrected chi connectivity index (χ1v) is 18.4. The summed E-state index contributed by atoms with van der Waals surface area (Å²) >= 11 is 0. The standard InChI is InChI=1S/C38H42F4N4O4S/c1-37(2,39)29-19-27(25-45-15-11-43-12-16-45)21-33(23-29)49-31-3-7-35(8-4-31)51(47,48)36-9-5-32(6-10-36)50-34-22-28(20-30(24-34)38(40,41)42)26-46-17-13-44-14-18-46/h3-10,19-24,43-44H,11-18,25-26H2,1-2H3. The third-order valence-corrected chi connectivity index (χ3v) is 10.7. The highest BCUT2D eigenvalue weighted by molar-refractivity contribution is 7.91. The number of sulfone groups is 1. The Kier molecular flexibility index (Phi) is 11.0. The van der Waals surface area contributed by atoms with Gasteiger partial charge < -0.3 is 20.1 Å². The van der Waals surface area contributed by atoms with Crippen molar-refractivity contribution in [3.63, 3.8) is 0 Å². The molecule has 2 fully saturated rings. The zero-order valence-electron chi connectivity index (χ0n) is 28.6. The molecule has 0 aromatic heterocycles. The predicted octanol–water partition coefficient (Wildman–Crippen LogP) is 7.14. The summed E-state index contributed by atoms with van der Waals surface area (Å²) in [5.41, 5.74) is -0.517. The number of halogens is 4. The van der Waals surface area contributed by atoms with Gasteiger partial charge in [-0.2, -0.15) is 13.2 Å². The van der Waals surface area contributed by atoms with Crippen LogP contribution in [0.5, 0.6) is 23.0 Å². The highest BCUT2D eigenvalue weighted by Gasteiger charge is 2.32. The van der Waals surface area contributed by atoms with Crippen LogP contribution in [0.1, 0.15) is 36.1 Å². The van der Waals surface area contributed by atoms with Crippen LogP contribution < -0.4 is 20.1 Å². The molecule has 0 radical (unpaired) electrons. The van der Waals surface area contributed by atoms with Crippen LogP contribution in [0.3, 0.4) is 0 Å². The van der Waals surface area contributed by atoms with E-state index in [1.54, 1.807) is 24.3 Å². The van der Waals surface area contributed by atoms with E-state index in [-0.39, 0.29) is 21.3 Å². The second kappa shape index (κ2) is 15.3. The second-order valence-corrected chi connectivity index (χ2v) is 15.4. The lowest BCUT2D eigenvalue weighted by Gasteiger charge is -2.28. The first-order chi connectivity index (χ1) is 24.2. The Balaban J connectivity index is 1.15. The third-order valence-electron chi connectivity index (χ3n) is 8.92. The number of alkyl halides is 4. The molecule has 0 amide bonds. The number of nitrogens with zero attached hydrogens (tertiary/aromatic N) is 2. The van der Waals surface area contributed by atoms with Gasteiger partial charge in [0.2, 0.25) is 9.84 Å². The number of benzene rings is 4. The van der Waals surface area contributed by atoms with Crippen LogP contribution in [-0.4, -0.2) is 70.6 Å². The first-order valence-electron chi connectivity index (χ1n) is 16.9. The molecule has 0 unspecified atom stereocenters. The molecule has 6 rings (SSSR count). The molecule has 0 atom stereocenters. The Morgan fingerprint density at radius 3 is 1.37 bits per heavy atom. The maximum Gasteiger partial charge on any atom is 0.416 e. The molecule has 0 spiro atoms. The quantitative estimate of drug-likeness (QED) is 0.158. The molecule has 2 N–H and O–H groups in total. The van der Waals surface area contributed by atoms with E-state index in [9.17, 15) is 21.6 Å². The van der Waals surface area contributed by atoms with Crippen LogP contribution in [0.25, 0.3) is 0 Å². The zero-order chi connectivity index (χ0) is 36.2. The number of piperazine rings is 2. The molecule has 2 saturated heterocycles. The lowest BCUT2D eigenvalue weighted by atomic mass is 9.97. The maximum absolute atomic E-state index is 15.0. The van der Waals surface area contributed by atoms with Gasteiger partial charge >= 0.3 is 6.18 Å². The van der Waals surface area contributed by atoms with E-state index in [2.05, 4.69) is 20.4 Å². The SMILES string of the molecule is CC(C)(F)c1cc(CN2CCNCC2)cc(Oc2ccc(S(=O)(=O)c3ccc(Oc4cc(CN5CCNCC5)cc(C(F)(F)F)c4)cc3)cc2)c1. The minimum absolute atomic E-state index is 0.0117. The highest BCUT2D eigenvalue weighted by Crippen LogP contribution is 2.36. The summed E-state index contributed by atoms with van der Waals surface area (Å²) in [7, 11) is -3.95. The Hall–Kier alpha value is -4.01. The molecule has 0 bridgehead atoms. The van der Waals surface area contributed by atoms with E-state index in [0.29, 0.717) is 35.7 Å². The van der Waals surface area contributed by atoms with Crippen LogP contribution in [0.15, 0.2) is 94.7 Å². The monoisotopic (exact) mass is 726 g/mol. The van der Waals surface area contributed by atoms with Crippen molar-refractivity contribution in [1.29, 1.82) is 0 Å². The Morgan fingerprint density at radius 1 is 0.588 bits per heavy atom. The van der Waals surface area contributed by atoms with Gasteiger partial charge in [0.15, 0.2) is 0 Å². The second-order valence-electron chi connectivity index (χ2n) is 13.4. The summed E-state index contributed by atoms with van der Waals surface area (Å²) in [4.78, 5) is 4.38. The smallest absolute Gasteiger partial charge is 0.416 e. The molecule has 4 aromatic carbocycles. The largest absolute Gasteiger partial charge is 0.457 e. The summed E-state index contributed by atoms with van der Waals surface area (Å²) in [6.07, 6.45) is -4.56. The molecular weight excluding hydrogens is 685 g/mol. The van der Waals surface area contributed by atoms with Crippen molar-refractivity contribution < 1.29 is 35.5 Å². The topological polar surface area (TPSA) is 83.1 Å². The average Bonchev–Trinajstić information content (AvgIpc) is 3.09. The van der Waals surface area contributed by atoms with E-state index < -0.39 is 27.2 Å². The van der Waals surface area contributed by atoms with Gasteiger partial charge in [-0.25, -0.2) is 12.8 Å². The van der Waals surface area contributed by atoms with Gasteiger partial charge in [-0.1, -0.05) is 6.07 Å². The minimum atomic E-state index is -4.56. The number of rotatable bonds is 11. The van der Waals surface area contributed by atoms with E-state index in [1.165, 1.54) is 50.2 Å². The van der Waals surface area contributed by atoms with Crippen molar-refractivity contribution in [3.8, 4) is 23.0 Å². The van der Waals surface area contributed by atoms with Gasteiger partial charge in [0.1, 0.15) is 28.7 Å². The summed E-state index contributed by atoms with van der Waals surface area (Å²) in [5.74, 6) is 1.04. The van der Waals surface area contributed by atoms with Crippen LogP contribution in [0.2, 0.25) is 0 Å². The van der Waals surface area contributed by atoms with Gasteiger partial charge in [-0.3, -0.25) is 9.80 Å². The average molecular weight is 727 g/mol. The zero-order valence-corrected chi connectivity index (χ0v) is 29.4. The summed E-state index contributed by atoms with van der Waals surface area (Å²) in [5, 5.41) is 6.55. The van der Waals surface area contributed by atoms with E-state index >= 15 is 4.39 Å². The Bertz CT molecular complexity index is 1770. The molecule has 0 saturated carbocycles. The Morgan fingerprint density at radius 2 is 0.980 bits per heavy atom. The normalized spacial score (nSPS) is 16.6. The van der Waals surface area contributed by atoms with Crippen molar-refractivity contribution in [2.45, 2.75) is 48.6 Å². The van der Waals surface area contributed by atoms with Crippen molar-refractivity contribution >= 4 is 9.84 Å². The molecular formula is C38H42F4N4O4S. The minimum Gasteiger partial charge on any atom is -0.457 e. The molecule has 2 aliphatic heterocycles. The van der Waals surface area contributed by atoms with Gasteiger partial charge in [-0.05, 0) is 109 Å². The predicted molar refractivity (Wildman–Crippen MR) is 187 cm³/mol. The van der Waals surface area contributed by atoms with Crippen LogP contribution >= 0.6 is 0 Å². The van der Waals surface area contributed by atoms with E-state index in [1.807, 2.05) is 12.1 Å². The van der Waals surface area contributed by atoms with Gasteiger partial charge in [0, 0.05) is 65.4 Å². The highest BCUT2D eigenvalue weighted by atomic mass is 32.2. The fourth-order valence-electron chi connectivity index (χ4n) is 6.17. The van der Waals surface area contributed by atoms with E-state index in [0.717, 1.165) is 70.1 Å². The summed E-state index contributed by atoms with van der Waals surface area (Å²) < 4.78 is 95.1. The van der Waals surface area contributed by atoms with Gasteiger partial charge in [-0.15, -0.1) is 0 Å². The molecule has 51 heavy (non-hydrogen) atoms. The van der Waals surface area contributed by atoms with Crippen molar-refractivity contribution in [2.24, 2.45) is 0 Å². The van der Waals surface area contributed by atoms with E-state index in [4.69, 9.17) is 9.47 Å². The molecule has 272 valence electrons. The Labute approximate surface area is 296 Å². The van der Waals surface area contributed by atoms with Crippen LogP contribution in [0, 0.1) is 0 Å². The van der Waals surface area contributed by atoms with Crippen molar-refractivity contribution in [1.82, 2.24) is 20.4 Å². The number of hydrogen-bond acceptors (Lipinski definition) is 8. The lowest BCUT2D eigenvalue weighted by molar-refractivity contribution is -0.137. The van der Waals surface area contributed by atoms with Crippen LogP contribution in [-0.2, 0) is 34.8 Å². The third kappa shape index (κ3) is 9.66. The first kappa shape index (κ1) is 36.8. The molecule has 0 aliphatic carbocycles. The van der Waals surface area contributed by atoms with Crippen molar-refractivity contribution in [3.05, 3.63) is 107 Å². The fourth-order valence-corrected chi connectivity index (χ4v) is 7.43. The number of ether oxygens (including phenoxy) is 2. The molecule has 2 heterocycles. The molecule has 8 nitrogen and oxygen atoms in total. The van der Waals surface area contributed by atoms with Gasteiger partial charge in [0.25, 0.3) is 0 Å². The number of hydrogen-bond donors (Lipinski definition) is 2. The summed E-state index contributed by atoms with van der Waals surface area (Å²) in [6, 6.07) is 20.5. The van der Waals surface area contributed by atoms with Crippen molar-refractivity contribution in [2.75, 3.05) is 52.4 Å². The summed E-state index contributed by atoms with van der Waals surface area (Å²) in [6.45, 7) is 10.5. The maximum atomic E-state index is 15.0. The van der Waals surface area contributed by atoms with Gasteiger partial charge in [0.05, 0.1) is 15.4 Å². The van der Waals surface area contributed by atoms with Crippen LogP contribution in [0.4, 0.5) is 17.6 Å².